The SMILES string of the molecule is c1ccc(N(c2ccc(-c3ccc4c(c3)sc3ccc(N(c5ccccc5)c5ccccc5)cc34)cc2)c2ccc3c(c2)sc2ccc(N(c4ccccc4)c4ccccc4)cc23)cc1.c1ccc(N(c2ccccc2)c2ccc3sc4ccc(-c5ccc(N(c6ccccc6)c6ccc7sc8ccc(N(c9ccccc9)c9ccccc9)cc8c7c6)cc5)cc4c3c2)cc1. The Morgan fingerprint density at radius 2 is 0.262 bits per heavy atom. The molecule has 6 nitrogen and oxygen atoms in total. The highest BCUT2D eigenvalue weighted by atomic mass is 32.1. The van der Waals surface area contributed by atoms with Crippen LogP contribution < -0.4 is 29.4 Å². The van der Waals surface area contributed by atoms with Crippen LogP contribution in [0.5, 0.6) is 0 Å². The highest BCUT2D eigenvalue weighted by molar-refractivity contribution is 7.27. The van der Waals surface area contributed by atoms with E-state index in [1.54, 1.807) is 0 Å². The minimum atomic E-state index is 1.10. The molecular formula is C120H82N6S4. The molecule has 0 aliphatic rings. The quantitative estimate of drug-likeness (QED) is 0.0752. The monoisotopic (exact) mass is 1730 g/mol. The second-order valence-electron chi connectivity index (χ2n) is 32.4. The van der Waals surface area contributed by atoms with E-state index >= 15 is 0 Å². The molecule has 616 valence electrons. The first-order chi connectivity index (χ1) is 64.4. The molecule has 130 heavy (non-hydrogen) atoms. The number of anilines is 18. The Balaban J connectivity index is 0.000000148. The molecule has 0 aliphatic carbocycles. The molecule has 0 saturated carbocycles. The summed E-state index contributed by atoms with van der Waals surface area (Å²) in [4.78, 5) is 14.1. The van der Waals surface area contributed by atoms with E-state index in [9.17, 15) is 0 Å². The Labute approximate surface area is 771 Å². The summed E-state index contributed by atoms with van der Waals surface area (Å²) in [6, 6.07) is 180. The topological polar surface area (TPSA) is 19.4 Å². The highest BCUT2D eigenvalue weighted by Crippen LogP contribution is 2.50. The molecule has 0 radical (unpaired) electrons. The minimum Gasteiger partial charge on any atom is -0.310 e. The first-order valence-corrected chi connectivity index (χ1v) is 47.1. The lowest BCUT2D eigenvalue weighted by molar-refractivity contribution is 1.29. The van der Waals surface area contributed by atoms with E-state index in [1.165, 1.54) is 103 Å². The van der Waals surface area contributed by atoms with Gasteiger partial charge >= 0.3 is 0 Å². The Hall–Kier alpha value is -15.9. The van der Waals surface area contributed by atoms with Crippen molar-refractivity contribution in [3.8, 4) is 22.3 Å². The van der Waals surface area contributed by atoms with Gasteiger partial charge in [-0.05, 0) is 289 Å². The molecule has 0 spiro atoms. The van der Waals surface area contributed by atoms with Crippen molar-refractivity contribution >= 4 is 228 Å². The fourth-order valence-electron chi connectivity index (χ4n) is 18.3. The van der Waals surface area contributed by atoms with Crippen LogP contribution in [0.2, 0.25) is 0 Å². The van der Waals surface area contributed by atoms with Gasteiger partial charge in [0.25, 0.3) is 0 Å². The van der Waals surface area contributed by atoms with Crippen LogP contribution in [0.1, 0.15) is 0 Å². The summed E-state index contributed by atoms with van der Waals surface area (Å²) in [6.07, 6.45) is 0. The molecule has 20 aromatic carbocycles. The average Bonchev–Trinajstić information content (AvgIpc) is 1.61. The molecule has 10 heteroatoms. The van der Waals surface area contributed by atoms with Crippen LogP contribution in [0.4, 0.5) is 102 Å². The second kappa shape index (κ2) is 34.8. The van der Waals surface area contributed by atoms with Crippen molar-refractivity contribution in [2.24, 2.45) is 0 Å². The molecule has 4 heterocycles. The van der Waals surface area contributed by atoms with E-state index in [-0.39, 0.29) is 0 Å². The smallest absolute Gasteiger partial charge is 0.0476 e. The lowest BCUT2D eigenvalue weighted by Crippen LogP contribution is -2.09. The fraction of sp³-hybridized carbons (Fsp3) is 0. The second-order valence-corrected chi connectivity index (χ2v) is 36.7. The first-order valence-electron chi connectivity index (χ1n) is 43.8. The van der Waals surface area contributed by atoms with Gasteiger partial charge in [0.1, 0.15) is 0 Å². The van der Waals surface area contributed by atoms with Gasteiger partial charge in [-0.1, -0.05) is 231 Å². The van der Waals surface area contributed by atoms with Crippen LogP contribution in [0.25, 0.3) is 103 Å². The zero-order valence-electron chi connectivity index (χ0n) is 70.7. The summed E-state index contributed by atoms with van der Waals surface area (Å²) < 4.78 is 10.2. The predicted octanol–water partition coefficient (Wildman–Crippen LogP) is 37.0. The van der Waals surface area contributed by atoms with Crippen LogP contribution in [0, 0.1) is 0 Å². The number of hydrogen-bond acceptors (Lipinski definition) is 10. The third-order valence-electron chi connectivity index (χ3n) is 24.4. The molecular weight excluding hydrogens is 1650 g/mol. The van der Waals surface area contributed by atoms with Gasteiger partial charge in [-0.3, -0.25) is 0 Å². The van der Waals surface area contributed by atoms with E-state index in [0.717, 1.165) is 102 Å². The molecule has 0 aliphatic heterocycles. The molecule has 0 atom stereocenters. The van der Waals surface area contributed by atoms with Gasteiger partial charge in [-0.15, -0.1) is 45.3 Å². The van der Waals surface area contributed by atoms with Crippen molar-refractivity contribution in [3.05, 3.63) is 497 Å². The Morgan fingerprint density at radius 3 is 0.523 bits per heavy atom. The summed E-state index contributed by atoms with van der Waals surface area (Å²) in [5.41, 5.74) is 25.1. The number of rotatable bonds is 20. The van der Waals surface area contributed by atoms with Gasteiger partial charge in [-0.2, -0.15) is 0 Å². The Bertz CT molecular complexity index is 7990. The maximum absolute atomic E-state index is 2.37. The van der Waals surface area contributed by atoms with E-state index in [4.69, 9.17) is 0 Å². The van der Waals surface area contributed by atoms with Gasteiger partial charge < -0.3 is 29.4 Å². The largest absolute Gasteiger partial charge is 0.310 e. The number of nitrogens with zero attached hydrogens (tertiary/aromatic N) is 6. The molecule has 4 aromatic heterocycles. The van der Waals surface area contributed by atoms with Crippen molar-refractivity contribution in [3.63, 3.8) is 0 Å². The van der Waals surface area contributed by atoms with E-state index in [2.05, 4.69) is 527 Å². The van der Waals surface area contributed by atoms with Crippen LogP contribution in [-0.2, 0) is 0 Å². The minimum absolute atomic E-state index is 1.10. The zero-order chi connectivity index (χ0) is 86.2. The number of benzene rings is 20. The van der Waals surface area contributed by atoms with E-state index < -0.39 is 0 Å². The molecule has 0 N–H and O–H groups in total. The normalized spacial score (nSPS) is 11.4. The van der Waals surface area contributed by atoms with Crippen molar-refractivity contribution in [2.45, 2.75) is 0 Å². The summed E-state index contributed by atoms with van der Waals surface area (Å²) in [5.74, 6) is 0. The molecule has 0 saturated heterocycles. The molecule has 0 fully saturated rings. The summed E-state index contributed by atoms with van der Waals surface area (Å²) in [5, 5.41) is 10.1. The van der Waals surface area contributed by atoms with Crippen molar-refractivity contribution in [1.82, 2.24) is 0 Å². The van der Waals surface area contributed by atoms with Gasteiger partial charge in [0.15, 0.2) is 0 Å². The number of thiophene rings is 4. The molecule has 0 bridgehead atoms. The van der Waals surface area contributed by atoms with Gasteiger partial charge in [-0.25, -0.2) is 0 Å². The van der Waals surface area contributed by atoms with Gasteiger partial charge in [0, 0.05) is 183 Å². The molecule has 0 amide bonds. The Morgan fingerprint density at radius 1 is 0.100 bits per heavy atom. The standard InChI is InChI=1S/2C60H41N3S2/c1-6-16-44(17-7-1)61(45-18-8-2-9-19-45)50-32-36-57-55(39-50)53-34-28-43(38-59(53)64-57)42-26-29-49(30-27-42)63(48-24-14-5-15-25-48)52-31-35-54-56-40-51(33-37-58(56)65-60(54)41-52)62(46-20-10-3-11-21-46)47-22-12-4-13-23-47;1-6-16-44(17-7-1)61(45-18-8-2-9-19-45)50-31-35-58-54(39-50)53-38-43(28-34-57(53)64-58)42-26-29-49(30-27-42)63(48-24-14-5-15-25-48)52-33-37-60-56(41-52)55-40-51(32-36-59(55)65-60)62(46-20-10-3-11-21-46)47-22-12-4-13-23-47/h2*1-41H. The van der Waals surface area contributed by atoms with E-state index in [1.807, 2.05) is 45.3 Å². The fourth-order valence-corrected chi connectivity index (χ4v) is 22.7. The van der Waals surface area contributed by atoms with Crippen LogP contribution in [0.15, 0.2) is 497 Å². The third kappa shape index (κ3) is 15.4. The molecule has 0 unspecified atom stereocenters. The average molecular weight is 1740 g/mol. The van der Waals surface area contributed by atoms with Crippen LogP contribution in [0.3, 0.4) is 0 Å². The van der Waals surface area contributed by atoms with Crippen molar-refractivity contribution in [2.75, 3.05) is 29.4 Å². The summed E-state index contributed by atoms with van der Waals surface area (Å²) in [6.45, 7) is 0. The van der Waals surface area contributed by atoms with Crippen molar-refractivity contribution < 1.29 is 0 Å². The maximum Gasteiger partial charge on any atom is 0.0476 e. The van der Waals surface area contributed by atoms with Crippen LogP contribution >= 0.6 is 45.3 Å². The van der Waals surface area contributed by atoms with Crippen LogP contribution in [-0.4, -0.2) is 0 Å². The third-order valence-corrected chi connectivity index (χ3v) is 29.0. The molecule has 24 aromatic rings. The van der Waals surface area contributed by atoms with Gasteiger partial charge in [0.05, 0.1) is 0 Å². The number of para-hydroxylation sites is 10. The predicted molar refractivity (Wildman–Crippen MR) is 563 cm³/mol. The maximum atomic E-state index is 2.37. The number of hydrogen-bond donors (Lipinski definition) is 0. The zero-order valence-corrected chi connectivity index (χ0v) is 73.9. The molecule has 24 rings (SSSR count). The summed E-state index contributed by atoms with van der Waals surface area (Å²) >= 11 is 7.41. The van der Waals surface area contributed by atoms with Gasteiger partial charge in [0.2, 0.25) is 0 Å². The Kier molecular flexibility index (Phi) is 21.1. The first kappa shape index (κ1) is 78.8. The highest BCUT2D eigenvalue weighted by Gasteiger charge is 2.24. The van der Waals surface area contributed by atoms with Crippen molar-refractivity contribution in [1.29, 1.82) is 0 Å². The summed E-state index contributed by atoms with van der Waals surface area (Å²) in [7, 11) is 0. The lowest BCUT2D eigenvalue weighted by Gasteiger charge is -2.26. The number of fused-ring (bicyclic) bond motifs is 12. The lowest BCUT2D eigenvalue weighted by atomic mass is 10.0. The van der Waals surface area contributed by atoms with E-state index in [0.29, 0.717) is 0 Å².